The third kappa shape index (κ3) is 3.22. The predicted molar refractivity (Wildman–Crippen MR) is 111 cm³/mol. The number of rotatable bonds is 5. The summed E-state index contributed by atoms with van der Waals surface area (Å²) in [7, 11) is 0. The number of fused-ring (bicyclic) bond motifs is 2. The van der Waals surface area contributed by atoms with Gasteiger partial charge < -0.3 is 15.2 Å². The topological polar surface area (TPSA) is 123 Å². The molecule has 0 aliphatic carbocycles. The molecule has 10 heteroatoms. The summed E-state index contributed by atoms with van der Waals surface area (Å²) in [4.78, 5) is 30.7. The Balaban J connectivity index is 1.52. The summed E-state index contributed by atoms with van der Waals surface area (Å²) >= 11 is 1.31. The van der Waals surface area contributed by atoms with E-state index < -0.39 is 11.8 Å². The van der Waals surface area contributed by atoms with Gasteiger partial charge >= 0.3 is 0 Å². The zero-order chi connectivity index (χ0) is 20.7. The third-order valence-corrected chi connectivity index (χ3v) is 5.66. The number of primary amides is 1. The van der Waals surface area contributed by atoms with Gasteiger partial charge in [0.15, 0.2) is 16.6 Å². The number of carbonyl (C=O) groups excluding carboxylic acids is 2. The zero-order valence-electron chi connectivity index (χ0n) is 15.5. The molecule has 150 valence electrons. The third-order valence-electron chi connectivity index (χ3n) is 4.62. The molecular formula is C20H15N5O4S. The summed E-state index contributed by atoms with van der Waals surface area (Å²) in [5, 5.41) is 7.14. The van der Waals surface area contributed by atoms with Gasteiger partial charge in [-0.3, -0.25) is 19.6 Å². The summed E-state index contributed by atoms with van der Waals surface area (Å²) in [5.41, 5.74) is 8.38. The number of aromatic amines is 1. The Bertz CT molecular complexity index is 1270. The second-order valence-electron chi connectivity index (χ2n) is 6.59. The SMILES string of the molecule is NC(=O)CN(C(=O)c1ccc2c(c1)OCO2)c1nc2ccc(-c3cn[nH]c3)cc2s1. The Morgan fingerprint density at radius 3 is 2.80 bits per heavy atom. The molecule has 0 bridgehead atoms. The fourth-order valence-electron chi connectivity index (χ4n) is 3.18. The molecule has 0 unspecified atom stereocenters. The van der Waals surface area contributed by atoms with Crippen LogP contribution in [0.4, 0.5) is 5.13 Å². The highest BCUT2D eigenvalue weighted by Crippen LogP contribution is 2.35. The Labute approximate surface area is 174 Å². The van der Waals surface area contributed by atoms with Crippen molar-refractivity contribution in [3.63, 3.8) is 0 Å². The number of H-pyrrole nitrogens is 1. The first kappa shape index (κ1) is 18.1. The average molecular weight is 421 g/mol. The molecule has 0 spiro atoms. The van der Waals surface area contributed by atoms with E-state index in [1.165, 1.54) is 16.2 Å². The lowest BCUT2D eigenvalue weighted by atomic mass is 10.1. The van der Waals surface area contributed by atoms with Gasteiger partial charge in [0.1, 0.15) is 6.54 Å². The average Bonchev–Trinajstić information content (AvgIpc) is 3.50. The summed E-state index contributed by atoms with van der Waals surface area (Å²) in [6.45, 7) is -0.184. The van der Waals surface area contributed by atoms with Gasteiger partial charge in [0, 0.05) is 17.3 Å². The number of ether oxygens (including phenoxy) is 2. The molecule has 30 heavy (non-hydrogen) atoms. The van der Waals surface area contributed by atoms with Crippen molar-refractivity contribution in [3.8, 4) is 22.6 Å². The summed E-state index contributed by atoms with van der Waals surface area (Å²) in [5.74, 6) is 0.0114. The number of nitrogens with one attached hydrogen (secondary N) is 1. The Hall–Kier alpha value is -3.92. The second-order valence-corrected chi connectivity index (χ2v) is 7.60. The molecule has 0 radical (unpaired) electrons. The molecule has 1 aliphatic rings. The molecule has 3 N–H and O–H groups in total. The van der Waals surface area contributed by atoms with Crippen molar-refractivity contribution in [2.75, 3.05) is 18.2 Å². The van der Waals surface area contributed by atoms with Crippen molar-refractivity contribution in [2.24, 2.45) is 5.73 Å². The lowest BCUT2D eigenvalue weighted by Crippen LogP contribution is -2.38. The summed E-state index contributed by atoms with van der Waals surface area (Å²) in [6, 6.07) is 10.6. The first-order valence-electron chi connectivity index (χ1n) is 8.98. The standard InChI is InChI=1S/C20H15N5O4S/c21-18(26)9-25(19(27)12-2-4-15-16(5-12)29-10-28-15)20-24-14-3-1-11(6-17(14)30-20)13-7-22-23-8-13/h1-8H,9-10H2,(H2,21,26)(H,22,23). The second kappa shape index (κ2) is 7.16. The highest BCUT2D eigenvalue weighted by Gasteiger charge is 2.25. The maximum atomic E-state index is 13.2. The van der Waals surface area contributed by atoms with Crippen molar-refractivity contribution >= 4 is 38.5 Å². The van der Waals surface area contributed by atoms with E-state index in [1.54, 1.807) is 30.6 Å². The number of benzene rings is 2. The van der Waals surface area contributed by atoms with E-state index in [0.29, 0.717) is 22.2 Å². The van der Waals surface area contributed by atoms with Crippen LogP contribution in [-0.2, 0) is 4.79 Å². The van der Waals surface area contributed by atoms with Crippen molar-refractivity contribution < 1.29 is 19.1 Å². The molecule has 3 heterocycles. The Morgan fingerprint density at radius 2 is 2.00 bits per heavy atom. The van der Waals surface area contributed by atoms with E-state index >= 15 is 0 Å². The minimum absolute atomic E-state index is 0.106. The number of carbonyl (C=O) groups is 2. The maximum Gasteiger partial charge on any atom is 0.260 e. The molecule has 2 aromatic carbocycles. The number of hydrogen-bond donors (Lipinski definition) is 2. The monoisotopic (exact) mass is 421 g/mol. The quantitative estimate of drug-likeness (QED) is 0.510. The maximum absolute atomic E-state index is 13.2. The van der Waals surface area contributed by atoms with Gasteiger partial charge in [-0.15, -0.1) is 0 Å². The first-order valence-corrected chi connectivity index (χ1v) is 9.80. The largest absolute Gasteiger partial charge is 0.454 e. The highest BCUT2D eigenvalue weighted by atomic mass is 32.1. The highest BCUT2D eigenvalue weighted by molar-refractivity contribution is 7.22. The zero-order valence-corrected chi connectivity index (χ0v) is 16.3. The molecule has 9 nitrogen and oxygen atoms in total. The number of nitrogens with two attached hydrogens (primary N) is 1. The predicted octanol–water partition coefficient (Wildman–Crippen LogP) is 2.55. The fraction of sp³-hybridized carbons (Fsp3) is 0.100. The van der Waals surface area contributed by atoms with Gasteiger partial charge in [0.25, 0.3) is 5.91 Å². The van der Waals surface area contributed by atoms with Crippen LogP contribution in [-0.4, -0.2) is 40.3 Å². The number of anilines is 1. The van der Waals surface area contributed by atoms with Crippen molar-refractivity contribution in [2.45, 2.75) is 0 Å². The van der Waals surface area contributed by atoms with Crippen LogP contribution in [0.1, 0.15) is 10.4 Å². The van der Waals surface area contributed by atoms with Crippen LogP contribution in [0.2, 0.25) is 0 Å². The van der Waals surface area contributed by atoms with Gasteiger partial charge in [-0.05, 0) is 35.9 Å². The number of nitrogens with zero attached hydrogens (tertiary/aromatic N) is 3. The number of amides is 2. The normalized spacial score (nSPS) is 12.3. The smallest absolute Gasteiger partial charge is 0.260 e. The van der Waals surface area contributed by atoms with Crippen LogP contribution in [0.25, 0.3) is 21.3 Å². The molecule has 0 saturated heterocycles. The molecule has 2 amide bonds. The van der Waals surface area contributed by atoms with E-state index in [0.717, 1.165) is 21.3 Å². The minimum atomic E-state index is -0.637. The lowest BCUT2D eigenvalue weighted by molar-refractivity contribution is -0.116. The lowest BCUT2D eigenvalue weighted by Gasteiger charge is -2.18. The van der Waals surface area contributed by atoms with Crippen molar-refractivity contribution in [1.82, 2.24) is 15.2 Å². The minimum Gasteiger partial charge on any atom is -0.454 e. The number of thiazole rings is 1. The van der Waals surface area contributed by atoms with Crippen LogP contribution in [0, 0.1) is 0 Å². The molecule has 0 atom stereocenters. The van der Waals surface area contributed by atoms with E-state index in [2.05, 4.69) is 15.2 Å². The molecule has 0 saturated carbocycles. The molecule has 2 aromatic heterocycles. The van der Waals surface area contributed by atoms with E-state index in [9.17, 15) is 9.59 Å². The van der Waals surface area contributed by atoms with Crippen LogP contribution in [0.3, 0.4) is 0 Å². The van der Waals surface area contributed by atoms with E-state index in [4.69, 9.17) is 15.2 Å². The van der Waals surface area contributed by atoms with Gasteiger partial charge in [0.05, 0.1) is 16.4 Å². The Morgan fingerprint density at radius 1 is 1.13 bits per heavy atom. The molecule has 0 fully saturated rings. The van der Waals surface area contributed by atoms with Crippen LogP contribution < -0.4 is 20.1 Å². The van der Waals surface area contributed by atoms with E-state index in [1.807, 2.05) is 18.2 Å². The molecule has 1 aliphatic heterocycles. The van der Waals surface area contributed by atoms with Crippen molar-refractivity contribution in [1.29, 1.82) is 0 Å². The molecule has 4 aromatic rings. The molecular weight excluding hydrogens is 406 g/mol. The summed E-state index contributed by atoms with van der Waals surface area (Å²) < 4.78 is 11.5. The van der Waals surface area contributed by atoms with Gasteiger partial charge in [-0.25, -0.2) is 4.98 Å². The van der Waals surface area contributed by atoms with E-state index in [-0.39, 0.29) is 13.3 Å². The van der Waals surface area contributed by atoms with Crippen LogP contribution >= 0.6 is 11.3 Å². The van der Waals surface area contributed by atoms with Crippen LogP contribution in [0.15, 0.2) is 48.8 Å². The Kier molecular flexibility index (Phi) is 4.32. The summed E-state index contributed by atoms with van der Waals surface area (Å²) in [6.07, 6.45) is 3.53. The number of hydrogen-bond acceptors (Lipinski definition) is 7. The van der Waals surface area contributed by atoms with Gasteiger partial charge in [-0.1, -0.05) is 17.4 Å². The van der Waals surface area contributed by atoms with Gasteiger partial charge in [0.2, 0.25) is 12.7 Å². The van der Waals surface area contributed by atoms with Gasteiger partial charge in [-0.2, -0.15) is 5.10 Å². The fourth-order valence-corrected chi connectivity index (χ4v) is 4.19. The van der Waals surface area contributed by atoms with Crippen molar-refractivity contribution in [3.05, 3.63) is 54.4 Å². The van der Waals surface area contributed by atoms with Crippen LogP contribution in [0.5, 0.6) is 11.5 Å². The first-order chi connectivity index (χ1) is 14.6. The molecule has 5 rings (SSSR count). The number of aromatic nitrogens is 3.